The minimum atomic E-state index is -0.180. The molecule has 1 aliphatic carbocycles. The zero-order valence-electron chi connectivity index (χ0n) is 12.6. The Kier molecular flexibility index (Phi) is 4.29. The molecule has 0 saturated heterocycles. The zero-order chi connectivity index (χ0) is 14.0. The van der Waals surface area contributed by atoms with Crippen LogP contribution in [0.3, 0.4) is 0 Å². The molecule has 1 aromatic heterocycles. The van der Waals surface area contributed by atoms with Gasteiger partial charge in [-0.2, -0.15) is 5.10 Å². The van der Waals surface area contributed by atoms with Gasteiger partial charge in [-0.25, -0.2) is 4.98 Å². The fraction of sp³-hybridized carbons (Fsp3) is 0.867. The maximum absolute atomic E-state index is 10.3. The van der Waals surface area contributed by atoms with Crippen molar-refractivity contribution >= 4 is 0 Å². The lowest BCUT2D eigenvalue weighted by Gasteiger charge is -2.40. The quantitative estimate of drug-likeness (QED) is 0.914. The molecule has 1 N–H and O–H groups in total. The summed E-state index contributed by atoms with van der Waals surface area (Å²) in [7, 11) is 0. The standard InChI is InChI=1S/C15H27N3O/c1-5-18-14(16-10-17-18)9-11-8-12(15(2,3)4)6-7-13(11)19/h10-13,19H,5-9H2,1-4H3. The number of aryl methyl sites for hydroxylation is 1. The summed E-state index contributed by atoms with van der Waals surface area (Å²) in [6.07, 6.45) is 5.45. The Balaban J connectivity index is 2.06. The van der Waals surface area contributed by atoms with Gasteiger partial charge in [0.05, 0.1) is 6.10 Å². The van der Waals surface area contributed by atoms with Crippen molar-refractivity contribution in [3.63, 3.8) is 0 Å². The fourth-order valence-electron chi connectivity index (χ4n) is 3.20. The summed E-state index contributed by atoms with van der Waals surface area (Å²) >= 11 is 0. The van der Waals surface area contributed by atoms with Crippen LogP contribution in [0, 0.1) is 17.3 Å². The molecule has 108 valence electrons. The summed E-state index contributed by atoms with van der Waals surface area (Å²) in [5, 5.41) is 14.5. The molecule has 0 aromatic carbocycles. The van der Waals surface area contributed by atoms with Crippen LogP contribution in [0.1, 0.15) is 52.8 Å². The van der Waals surface area contributed by atoms with Crippen molar-refractivity contribution in [2.75, 3.05) is 0 Å². The smallest absolute Gasteiger partial charge is 0.138 e. The minimum absolute atomic E-state index is 0.180. The largest absolute Gasteiger partial charge is 0.393 e. The molecular formula is C15H27N3O. The topological polar surface area (TPSA) is 50.9 Å². The van der Waals surface area contributed by atoms with Crippen LogP contribution in [-0.2, 0) is 13.0 Å². The van der Waals surface area contributed by atoms with Crippen molar-refractivity contribution in [1.29, 1.82) is 0 Å². The van der Waals surface area contributed by atoms with Gasteiger partial charge in [0.15, 0.2) is 0 Å². The van der Waals surface area contributed by atoms with Gasteiger partial charge in [0.25, 0.3) is 0 Å². The lowest BCUT2D eigenvalue weighted by atomic mass is 9.67. The molecule has 1 heterocycles. The summed E-state index contributed by atoms with van der Waals surface area (Å²) < 4.78 is 1.94. The summed E-state index contributed by atoms with van der Waals surface area (Å²) in [6.45, 7) is 9.84. The van der Waals surface area contributed by atoms with E-state index in [-0.39, 0.29) is 6.10 Å². The molecule has 19 heavy (non-hydrogen) atoms. The summed E-state index contributed by atoms with van der Waals surface area (Å²) in [5.41, 5.74) is 0.330. The SMILES string of the molecule is CCn1ncnc1CC1CC(C(C)(C)C)CCC1O. The van der Waals surface area contributed by atoms with Gasteiger partial charge >= 0.3 is 0 Å². The van der Waals surface area contributed by atoms with Gasteiger partial charge in [0, 0.05) is 13.0 Å². The van der Waals surface area contributed by atoms with Crippen molar-refractivity contribution in [2.45, 2.75) is 66.0 Å². The van der Waals surface area contributed by atoms with E-state index in [1.807, 2.05) is 4.68 Å². The number of aromatic nitrogens is 3. The second-order valence-corrected chi connectivity index (χ2v) is 6.90. The van der Waals surface area contributed by atoms with Crippen LogP contribution in [0.4, 0.5) is 0 Å². The van der Waals surface area contributed by atoms with E-state index in [9.17, 15) is 5.11 Å². The molecule has 4 nitrogen and oxygen atoms in total. The van der Waals surface area contributed by atoms with Crippen LogP contribution in [-0.4, -0.2) is 26.0 Å². The van der Waals surface area contributed by atoms with Crippen molar-refractivity contribution < 1.29 is 5.11 Å². The third-order valence-corrected chi connectivity index (χ3v) is 4.61. The van der Waals surface area contributed by atoms with Gasteiger partial charge in [-0.05, 0) is 43.4 Å². The normalized spacial score (nSPS) is 28.6. The highest BCUT2D eigenvalue weighted by Crippen LogP contribution is 2.41. The molecule has 2 rings (SSSR count). The molecule has 1 fully saturated rings. The molecule has 1 aliphatic rings. The Morgan fingerprint density at radius 3 is 2.74 bits per heavy atom. The first-order valence-electron chi connectivity index (χ1n) is 7.46. The number of aliphatic hydroxyl groups excluding tert-OH is 1. The molecule has 1 saturated carbocycles. The van der Waals surface area contributed by atoms with E-state index in [1.165, 1.54) is 0 Å². The van der Waals surface area contributed by atoms with Crippen molar-refractivity contribution in [3.8, 4) is 0 Å². The van der Waals surface area contributed by atoms with Crippen LogP contribution in [0.5, 0.6) is 0 Å². The van der Waals surface area contributed by atoms with Crippen molar-refractivity contribution in [3.05, 3.63) is 12.2 Å². The Bertz CT molecular complexity index is 408. The van der Waals surface area contributed by atoms with Gasteiger partial charge in [-0.1, -0.05) is 20.8 Å². The Hall–Kier alpha value is -0.900. The first-order chi connectivity index (χ1) is 8.91. The first-order valence-corrected chi connectivity index (χ1v) is 7.46. The highest BCUT2D eigenvalue weighted by molar-refractivity contribution is 4.93. The van der Waals surface area contributed by atoms with Gasteiger partial charge in [-0.15, -0.1) is 0 Å². The average molecular weight is 265 g/mol. The number of rotatable bonds is 3. The first kappa shape index (κ1) is 14.5. The van der Waals surface area contributed by atoms with E-state index in [0.717, 1.165) is 38.1 Å². The predicted molar refractivity (Wildman–Crippen MR) is 75.7 cm³/mol. The monoisotopic (exact) mass is 265 g/mol. The van der Waals surface area contributed by atoms with Gasteiger partial charge in [0.1, 0.15) is 12.2 Å². The fourth-order valence-corrected chi connectivity index (χ4v) is 3.20. The highest BCUT2D eigenvalue weighted by Gasteiger charge is 2.35. The molecule has 0 amide bonds. The van der Waals surface area contributed by atoms with E-state index in [2.05, 4.69) is 37.8 Å². The number of nitrogens with zero attached hydrogens (tertiary/aromatic N) is 3. The minimum Gasteiger partial charge on any atom is -0.393 e. The molecule has 1 aromatic rings. The van der Waals surface area contributed by atoms with E-state index < -0.39 is 0 Å². The Morgan fingerprint density at radius 2 is 2.11 bits per heavy atom. The molecule has 4 heteroatoms. The third kappa shape index (κ3) is 3.35. The van der Waals surface area contributed by atoms with Crippen LogP contribution < -0.4 is 0 Å². The van der Waals surface area contributed by atoms with E-state index >= 15 is 0 Å². The summed E-state index contributed by atoms with van der Waals surface area (Å²) in [6, 6.07) is 0. The predicted octanol–water partition coefficient (Wildman–Crippen LogP) is 2.66. The molecular weight excluding hydrogens is 238 g/mol. The van der Waals surface area contributed by atoms with Gasteiger partial charge in [0.2, 0.25) is 0 Å². The van der Waals surface area contributed by atoms with Crippen LogP contribution in [0.2, 0.25) is 0 Å². The molecule has 0 bridgehead atoms. The van der Waals surface area contributed by atoms with Gasteiger partial charge < -0.3 is 5.11 Å². The molecule has 0 aliphatic heterocycles. The lowest BCUT2D eigenvalue weighted by molar-refractivity contribution is 0.0184. The maximum Gasteiger partial charge on any atom is 0.138 e. The van der Waals surface area contributed by atoms with Crippen LogP contribution >= 0.6 is 0 Å². The zero-order valence-corrected chi connectivity index (χ0v) is 12.6. The number of aliphatic hydroxyl groups is 1. The molecule has 0 spiro atoms. The Morgan fingerprint density at radius 1 is 1.37 bits per heavy atom. The van der Waals surface area contributed by atoms with Crippen LogP contribution in [0.15, 0.2) is 6.33 Å². The number of hydrogen-bond donors (Lipinski definition) is 1. The van der Waals surface area contributed by atoms with Crippen molar-refractivity contribution in [2.24, 2.45) is 17.3 Å². The molecule has 0 radical (unpaired) electrons. The average Bonchev–Trinajstić information content (AvgIpc) is 2.77. The second kappa shape index (κ2) is 5.61. The lowest BCUT2D eigenvalue weighted by Crippen LogP contribution is -2.36. The second-order valence-electron chi connectivity index (χ2n) is 6.90. The molecule has 3 atom stereocenters. The number of hydrogen-bond acceptors (Lipinski definition) is 3. The Labute approximate surface area is 116 Å². The molecule has 3 unspecified atom stereocenters. The van der Waals surface area contributed by atoms with E-state index in [1.54, 1.807) is 6.33 Å². The maximum atomic E-state index is 10.3. The van der Waals surface area contributed by atoms with Crippen molar-refractivity contribution in [1.82, 2.24) is 14.8 Å². The van der Waals surface area contributed by atoms with E-state index in [0.29, 0.717) is 17.3 Å². The highest BCUT2D eigenvalue weighted by atomic mass is 16.3. The van der Waals surface area contributed by atoms with E-state index in [4.69, 9.17) is 0 Å². The third-order valence-electron chi connectivity index (χ3n) is 4.61. The summed E-state index contributed by atoms with van der Waals surface area (Å²) in [4.78, 5) is 4.34. The van der Waals surface area contributed by atoms with Gasteiger partial charge in [-0.3, -0.25) is 4.68 Å². The summed E-state index contributed by atoms with van der Waals surface area (Å²) in [5.74, 6) is 2.03. The van der Waals surface area contributed by atoms with Crippen LogP contribution in [0.25, 0.3) is 0 Å².